The van der Waals surface area contributed by atoms with Crippen LogP contribution in [0.5, 0.6) is 5.88 Å². The predicted molar refractivity (Wildman–Crippen MR) is 176 cm³/mol. The molecule has 5 rings (SSSR count). The number of nitrogens with zero attached hydrogens (tertiary/aromatic N) is 5. The summed E-state index contributed by atoms with van der Waals surface area (Å²) in [5.74, 6) is 0.159. The van der Waals surface area contributed by atoms with E-state index in [0.717, 1.165) is 5.56 Å². The van der Waals surface area contributed by atoms with Crippen molar-refractivity contribution in [3.63, 3.8) is 0 Å². The van der Waals surface area contributed by atoms with Crippen LogP contribution in [0.1, 0.15) is 67.2 Å². The van der Waals surface area contributed by atoms with Gasteiger partial charge < -0.3 is 33.3 Å². The van der Waals surface area contributed by atoms with Gasteiger partial charge in [-0.1, -0.05) is 67.5 Å². The Morgan fingerprint density at radius 2 is 1.67 bits per heavy atom. The highest BCUT2D eigenvalue weighted by Gasteiger charge is 2.61. The molecule has 0 unspecified atom stereocenters. The summed E-state index contributed by atoms with van der Waals surface area (Å²) in [7, 11) is -5.76. The zero-order valence-corrected chi connectivity index (χ0v) is 29.7. The third-order valence-corrected chi connectivity index (χ3v) is 19.3. The standard InChI is InChI=1S/C30H46N6O8Si2/c1-17(2)45(18(3)4)41-15-23-26(43-46(44-45,19(5)6)20(7)8)25(37)29(42-23)35-16-32-24-27(35)33-30(31)34-28(24)40-14-13-21-9-11-22(12-10-21)36(38)39/h9-12,16-20,23,25-26,29,37H,13-15H2,1-8H3,(H2,31,33,34)/t23-,25+,26-,29-/m1/s1. The van der Waals surface area contributed by atoms with E-state index in [-0.39, 0.29) is 52.9 Å². The molecule has 2 aliphatic rings. The fourth-order valence-corrected chi connectivity index (χ4v) is 17.8. The van der Waals surface area contributed by atoms with Crippen molar-refractivity contribution in [1.29, 1.82) is 0 Å². The molecule has 14 nitrogen and oxygen atoms in total. The number of rotatable bonds is 10. The Morgan fingerprint density at radius 1 is 1.04 bits per heavy atom. The number of benzene rings is 1. The number of nitrogens with two attached hydrogens (primary N) is 1. The van der Waals surface area contributed by atoms with Crippen molar-refractivity contribution in [3.8, 4) is 5.88 Å². The molecule has 2 aromatic heterocycles. The summed E-state index contributed by atoms with van der Waals surface area (Å²) in [6.07, 6.45) is -1.19. The normalized spacial score (nSPS) is 24.5. The minimum atomic E-state index is -2.97. The zero-order chi connectivity index (χ0) is 33.6. The van der Waals surface area contributed by atoms with Crippen molar-refractivity contribution in [2.45, 2.75) is 109 Å². The van der Waals surface area contributed by atoms with Gasteiger partial charge >= 0.3 is 17.1 Å². The average Bonchev–Trinajstić information content (AvgIpc) is 3.52. The number of fused-ring (bicyclic) bond motifs is 2. The summed E-state index contributed by atoms with van der Waals surface area (Å²) < 4.78 is 35.2. The minimum absolute atomic E-state index is 0.0232. The van der Waals surface area contributed by atoms with E-state index in [1.54, 1.807) is 16.7 Å². The van der Waals surface area contributed by atoms with Crippen LogP contribution in [-0.2, 0) is 24.1 Å². The van der Waals surface area contributed by atoms with Gasteiger partial charge in [0.1, 0.15) is 18.3 Å². The van der Waals surface area contributed by atoms with Gasteiger partial charge in [0.2, 0.25) is 11.8 Å². The first-order valence-corrected chi connectivity index (χ1v) is 19.9. The van der Waals surface area contributed by atoms with E-state index in [1.807, 2.05) is 0 Å². The maximum Gasteiger partial charge on any atom is 0.335 e. The van der Waals surface area contributed by atoms with Crippen molar-refractivity contribution in [2.24, 2.45) is 0 Å². The lowest BCUT2D eigenvalue weighted by molar-refractivity contribution is -0.384. The maximum absolute atomic E-state index is 11.8. The van der Waals surface area contributed by atoms with Crippen molar-refractivity contribution in [1.82, 2.24) is 19.5 Å². The summed E-state index contributed by atoms with van der Waals surface area (Å²) >= 11 is 0. The van der Waals surface area contributed by atoms with Crippen LogP contribution in [0.4, 0.5) is 11.6 Å². The second-order valence-electron chi connectivity index (χ2n) is 13.3. The van der Waals surface area contributed by atoms with E-state index in [4.69, 9.17) is 28.2 Å². The first-order valence-electron chi connectivity index (χ1n) is 15.9. The molecule has 16 heteroatoms. The van der Waals surface area contributed by atoms with Crippen molar-refractivity contribution < 1.29 is 32.5 Å². The molecule has 0 bridgehead atoms. The lowest BCUT2D eigenvalue weighted by atomic mass is 10.1. The number of anilines is 1. The van der Waals surface area contributed by atoms with Gasteiger partial charge in [-0.05, 0) is 27.7 Å². The molecule has 2 aliphatic heterocycles. The lowest BCUT2D eigenvalue weighted by Gasteiger charge is -2.51. The Balaban J connectivity index is 1.42. The predicted octanol–water partition coefficient (Wildman–Crippen LogP) is 5.15. The first kappa shape index (κ1) is 34.3. The molecule has 4 atom stereocenters. The summed E-state index contributed by atoms with van der Waals surface area (Å²) in [4.78, 5) is 23.7. The van der Waals surface area contributed by atoms with E-state index < -0.39 is 46.6 Å². The first-order chi connectivity index (χ1) is 21.7. The van der Waals surface area contributed by atoms with E-state index >= 15 is 0 Å². The largest absolute Gasteiger partial charge is 0.476 e. The zero-order valence-electron chi connectivity index (χ0n) is 27.7. The summed E-state index contributed by atoms with van der Waals surface area (Å²) in [5.41, 5.74) is 8.23. The van der Waals surface area contributed by atoms with Crippen LogP contribution in [0.3, 0.4) is 0 Å². The number of aliphatic hydroxyl groups is 1. The fraction of sp³-hybridized carbons (Fsp3) is 0.633. The third-order valence-electron chi connectivity index (χ3n) is 9.10. The number of aromatic nitrogens is 4. The summed E-state index contributed by atoms with van der Waals surface area (Å²) in [5, 5.41) is 22.8. The Hall–Kier alpha value is -3.00. The molecule has 0 spiro atoms. The van der Waals surface area contributed by atoms with Gasteiger partial charge in [0.25, 0.3) is 5.69 Å². The average molecular weight is 675 g/mol. The molecule has 0 saturated carbocycles. The van der Waals surface area contributed by atoms with E-state index in [2.05, 4.69) is 70.3 Å². The van der Waals surface area contributed by atoms with Crippen LogP contribution >= 0.6 is 0 Å². The number of non-ortho nitro benzene ring substituents is 1. The Kier molecular flexibility index (Phi) is 9.89. The van der Waals surface area contributed by atoms with Crippen LogP contribution in [-0.4, -0.2) is 78.2 Å². The van der Waals surface area contributed by atoms with Crippen molar-refractivity contribution in [3.05, 3.63) is 46.3 Å². The Bertz CT molecular complexity index is 1520. The van der Waals surface area contributed by atoms with Crippen molar-refractivity contribution >= 4 is 39.9 Å². The Labute approximate surface area is 271 Å². The second-order valence-corrected chi connectivity index (χ2v) is 22.2. The topological polar surface area (TPSA) is 179 Å². The van der Waals surface area contributed by atoms with Gasteiger partial charge in [0.15, 0.2) is 17.4 Å². The van der Waals surface area contributed by atoms with Gasteiger partial charge in [-0.25, -0.2) is 4.98 Å². The summed E-state index contributed by atoms with van der Waals surface area (Å²) in [6, 6.07) is 6.28. The van der Waals surface area contributed by atoms with Crippen LogP contribution in [0.15, 0.2) is 30.6 Å². The highest BCUT2D eigenvalue weighted by molar-refractivity contribution is 6.84. The molecule has 1 aromatic carbocycles. The molecule has 4 heterocycles. The number of ether oxygens (including phenoxy) is 2. The van der Waals surface area contributed by atoms with E-state index in [0.29, 0.717) is 17.6 Å². The van der Waals surface area contributed by atoms with Gasteiger partial charge in [-0.3, -0.25) is 14.7 Å². The van der Waals surface area contributed by atoms with Crippen LogP contribution < -0.4 is 10.5 Å². The number of hydrogen-bond donors (Lipinski definition) is 2. The molecule has 46 heavy (non-hydrogen) atoms. The van der Waals surface area contributed by atoms with Crippen LogP contribution in [0.2, 0.25) is 22.2 Å². The smallest absolute Gasteiger partial charge is 0.335 e. The van der Waals surface area contributed by atoms with Gasteiger partial charge in [-0.2, -0.15) is 9.97 Å². The van der Waals surface area contributed by atoms with Gasteiger partial charge in [0, 0.05) is 18.6 Å². The van der Waals surface area contributed by atoms with E-state index in [9.17, 15) is 15.2 Å². The molecule has 0 radical (unpaired) electrons. The van der Waals surface area contributed by atoms with Gasteiger partial charge in [0.05, 0.1) is 24.5 Å². The number of aliphatic hydroxyl groups excluding tert-OH is 1. The SMILES string of the molecule is CC(C)[Si]1(C(C)C)OC[C@H]2O[C@@H](n3cnc4c(OCCc5ccc([N+](=O)[O-])cc5)nc(N)nc43)[C@@H](O)[C@@H]2O[Si](C(C)C)(C(C)C)O1. The molecule has 0 aliphatic carbocycles. The maximum atomic E-state index is 11.8. The minimum Gasteiger partial charge on any atom is -0.476 e. The molecule has 3 aromatic rings. The molecule has 252 valence electrons. The van der Waals surface area contributed by atoms with Gasteiger partial charge in [-0.15, -0.1) is 0 Å². The third kappa shape index (κ3) is 6.18. The van der Waals surface area contributed by atoms with Crippen molar-refractivity contribution in [2.75, 3.05) is 18.9 Å². The quantitative estimate of drug-likeness (QED) is 0.164. The number of hydrogen-bond acceptors (Lipinski definition) is 12. The monoisotopic (exact) mass is 674 g/mol. The fourth-order valence-electron chi connectivity index (χ4n) is 6.61. The highest BCUT2D eigenvalue weighted by Crippen LogP contribution is 2.48. The summed E-state index contributed by atoms with van der Waals surface area (Å²) in [6.45, 7) is 17.6. The van der Waals surface area contributed by atoms with Crippen LogP contribution in [0, 0.1) is 10.1 Å². The highest BCUT2D eigenvalue weighted by atomic mass is 28.5. The molecular formula is C30H46N6O8Si2. The van der Waals surface area contributed by atoms with E-state index in [1.165, 1.54) is 18.5 Å². The molecule has 2 saturated heterocycles. The number of nitrogen functional groups attached to an aromatic ring is 1. The molecule has 3 N–H and O–H groups in total. The Morgan fingerprint density at radius 3 is 2.26 bits per heavy atom. The lowest BCUT2D eigenvalue weighted by Crippen LogP contribution is -2.65. The second kappa shape index (κ2) is 13.3. The number of imidazole rings is 1. The molecule has 0 amide bonds. The van der Waals surface area contributed by atoms with Crippen LogP contribution in [0.25, 0.3) is 11.2 Å². The molecule has 2 fully saturated rings. The molecular weight excluding hydrogens is 629 g/mol. The number of nitro groups is 1. The number of nitro benzene ring substituents is 1.